The Morgan fingerprint density at radius 3 is 1.86 bits per heavy atom. The summed E-state index contributed by atoms with van der Waals surface area (Å²) in [6.07, 6.45) is 2.56. The molecular formula is C46H48N3O6PSSi. The maximum Gasteiger partial charge on any atom is 0.356 e. The Balaban J connectivity index is 1.64. The first kappa shape index (κ1) is 42.4. The average Bonchev–Trinajstić information content (AvgIpc) is 3.24. The highest BCUT2D eigenvalue weighted by Crippen LogP contribution is 2.51. The van der Waals surface area contributed by atoms with Crippen LogP contribution in [0.5, 0.6) is 5.75 Å². The van der Waals surface area contributed by atoms with Gasteiger partial charge in [-0.3, -0.25) is 14.6 Å². The molecule has 0 saturated carbocycles. The van der Waals surface area contributed by atoms with E-state index in [1.54, 1.807) is 31.6 Å². The quantitative estimate of drug-likeness (QED) is 0.0315. The third kappa shape index (κ3) is 9.22. The number of pyridine rings is 1. The van der Waals surface area contributed by atoms with Gasteiger partial charge in [-0.2, -0.15) is 5.26 Å². The number of rotatable bonds is 17. The zero-order valence-electron chi connectivity index (χ0n) is 33.4. The first-order chi connectivity index (χ1) is 28.0. The van der Waals surface area contributed by atoms with Crippen molar-refractivity contribution in [3.8, 4) is 11.8 Å². The molecule has 1 aromatic heterocycles. The van der Waals surface area contributed by atoms with Crippen molar-refractivity contribution in [2.45, 2.75) is 56.6 Å². The molecule has 1 aliphatic heterocycles. The fraction of sp³-hybridized carbons (Fsp3) is 0.261. The van der Waals surface area contributed by atoms with Gasteiger partial charge in [0.25, 0.3) is 0 Å². The van der Waals surface area contributed by atoms with Gasteiger partial charge >= 0.3 is 5.97 Å². The number of β-lactam (4-membered cyclic amide) rings is 1. The number of nitriles is 1. The molecule has 6 rings (SSSR count). The molecule has 5 aromatic rings. The molecule has 2 heterocycles. The van der Waals surface area contributed by atoms with Crippen LogP contribution < -0.4 is 20.7 Å². The lowest BCUT2D eigenvalue weighted by Gasteiger charge is -2.54. The van der Waals surface area contributed by atoms with E-state index >= 15 is 9.59 Å². The van der Waals surface area contributed by atoms with Crippen LogP contribution in [-0.4, -0.2) is 66.3 Å². The molecule has 4 aromatic carbocycles. The first-order valence-electron chi connectivity index (χ1n) is 19.2. The number of thioether (sulfide) groups is 1. The monoisotopic (exact) mass is 829 g/mol. The minimum absolute atomic E-state index is 0.0540. The van der Waals surface area contributed by atoms with Crippen LogP contribution in [0.15, 0.2) is 145 Å². The van der Waals surface area contributed by atoms with E-state index in [9.17, 15) is 10.1 Å². The number of esters is 1. The molecule has 9 nitrogen and oxygen atoms in total. The molecule has 0 unspecified atom stereocenters. The summed E-state index contributed by atoms with van der Waals surface area (Å²) in [5, 5.41) is 12.8. The van der Waals surface area contributed by atoms with Gasteiger partial charge in [-0.25, -0.2) is 4.79 Å². The second-order valence-corrected chi connectivity index (χ2v) is 23.8. The number of likely N-dealkylation sites (tertiary alicyclic amines) is 1. The molecule has 1 amide bonds. The van der Waals surface area contributed by atoms with E-state index in [1.165, 1.54) is 16.7 Å². The maximum absolute atomic E-state index is 15.5. The van der Waals surface area contributed by atoms with Crippen LogP contribution in [0.3, 0.4) is 0 Å². The number of benzene rings is 4. The Kier molecular flexibility index (Phi) is 13.9. The number of hydrogen-bond donors (Lipinski definition) is 0. The summed E-state index contributed by atoms with van der Waals surface area (Å²) in [5.41, 5.74) is 0.873. The average molecular weight is 830 g/mol. The van der Waals surface area contributed by atoms with Gasteiger partial charge in [0.1, 0.15) is 23.6 Å². The molecule has 0 aliphatic carbocycles. The molecule has 0 N–H and O–H groups in total. The minimum Gasteiger partial charge on any atom is -0.497 e. The van der Waals surface area contributed by atoms with Gasteiger partial charge in [0.15, 0.2) is 8.32 Å². The van der Waals surface area contributed by atoms with Crippen LogP contribution in [0.25, 0.3) is 0 Å². The summed E-state index contributed by atoms with van der Waals surface area (Å²) in [4.78, 5) is 51.8. The van der Waals surface area contributed by atoms with Gasteiger partial charge in [0.2, 0.25) is 5.91 Å². The highest BCUT2D eigenvalue weighted by atomic mass is 32.2. The second-order valence-electron chi connectivity index (χ2n) is 15.0. The molecule has 1 aliphatic rings. The zero-order chi connectivity index (χ0) is 41.3. The smallest absolute Gasteiger partial charge is 0.356 e. The largest absolute Gasteiger partial charge is 0.497 e. The number of methoxy groups -OCH3 is 1. The topological polar surface area (TPSA) is 119 Å². The van der Waals surface area contributed by atoms with E-state index in [0.29, 0.717) is 5.75 Å². The standard InChI is InChI=1S/C46H48N3O6PSSi/c1-33(55-58(3,4)5)42-43(40(25-28-47)41(50)32-57-39-26-29-48-30-27-39)49(44(42)51)45(46(52)54-31-34-21-23-35(53-2)24-22-34)56(36-15-9-6-10-16-36,37-17-11-7-12-18-37)38-19-13-8-14-20-38/h6-24,26-27,29-30,33,40,42-43H,25,31-32H2,1-5H3/t33-,40+,42-,43-/m1/s1. The van der Waals surface area contributed by atoms with Crippen LogP contribution in [0.2, 0.25) is 19.6 Å². The Hall–Kier alpha value is -5.24. The van der Waals surface area contributed by atoms with Gasteiger partial charge in [-0.15, -0.1) is 11.8 Å². The van der Waals surface area contributed by atoms with E-state index in [-0.39, 0.29) is 35.9 Å². The SMILES string of the molecule is COc1ccc(COC(=O)C(N2C(=O)[C@H]([C@@H](C)O[Si](C)(C)C)[C@H]2[C@@H](CC#N)C(=O)CSc2ccncc2)=P(c2ccccc2)(c2ccccc2)c2ccccc2)cc1. The molecule has 0 bridgehead atoms. The second kappa shape index (κ2) is 19.0. The molecule has 4 atom stereocenters. The predicted molar refractivity (Wildman–Crippen MR) is 235 cm³/mol. The number of hydrogen-bond acceptors (Lipinski definition) is 9. The molecule has 298 valence electrons. The summed E-state index contributed by atoms with van der Waals surface area (Å²) >= 11 is 1.35. The predicted octanol–water partition coefficient (Wildman–Crippen LogP) is 7.22. The number of ether oxygens (including phenoxy) is 2. The fourth-order valence-electron chi connectivity index (χ4n) is 7.64. The minimum atomic E-state index is -3.31. The molecule has 0 radical (unpaired) electrons. The van der Waals surface area contributed by atoms with Gasteiger partial charge < -0.3 is 18.8 Å². The molecule has 1 saturated heterocycles. The number of nitrogens with zero attached hydrogens (tertiary/aromatic N) is 3. The van der Waals surface area contributed by atoms with Gasteiger partial charge in [-0.05, 0) is 72.3 Å². The summed E-state index contributed by atoms with van der Waals surface area (Å²) in [6.45, 7) is 4.61. The third-order valence-electron chi connectivity index (χ3n) is 10.1. The summed E-state index contributed by atoms with van der Waals surface area (Å²) in [7, 11) is -0.633. The third-order valence-corrected chi connectivity index (χ3v) is 16.5. The Labute approximate surface area is 346 Å². The van der Waals surface area contributed by atoms with Crippen molar-refractivity contribution in [3.63, 3.8) is 0 Å². The van der Waals surface area contributed by atoms with Crippen LogP contribution in [0.4, 0.5) is 0 Å². The van der Waals surface area contributed by atoms with Gasteiger partial charge in [-0.1, -0.05) is 103 Å². The van der Waals surface area contributed by atoms with Crippen LogP contribution in [0, 0.1) is 23.2 Å². The maximum atomic E-state index is 15.5. The normalized spacial score (nSPS) is 16.3. The number of Topliss-reactive ketones (excluding diaryl/α,β-unsaturated/α-hetero) is 1. The number of amides is 1. The van der Waals surface area contributed by atoms with Crippen molar-refractivity contribution in [3.05, 3.63) is 145 Å². The Morgan fingerprint density at radius 1 is 0.845 bits per heavy atom. The number of ketones is 1. The van der Waals surface area contributed by atoms with Crippen LogP contribution >= 0.6 is 18.6 Å². The number of carbonyl (C=O) groups excluding carboxylic acids is 3. The highest BCUT2D eigenvalue weighted by Gasteiger charge is 2.59. The van der Waals surface area contributed by atoms with Gasteiger partial charge in [0.05, 0.1) is 42.9 Å². The van der Waals surface area contributed by atoms with E-state index in [2.05, 4.69) is 11.1 Å². The summed E-state index contributed by atoms with van der Waals surface area (Å²) < 4.78 is 18.2. The van der Waals surface area contributed by atoms with E-state index in [4.69, 9.17) is 13.9 Å². The van der Waals surface area contributed by atoms with Crippen LogP contribution in [-0.2, 0) is 30.2 Å². The first-order valence-corrected chi connectivity index (χ1v) is 25.3. The van der Waals surface area contributed by atoms with E-state index in [0.717, 1.165) is 26.4 Å². The van der Waals surface area contributed by atoms with Crippen molar-refractivity contribution in [2.24, 2.45) is 11.8 Å². The zero-order valence-corrected chi connectivity index (χ0v) is 36.1. The van der Waals surface area contributed by atoms with Crippen molar-refractivity contribution < 1.29 is 28.3 Å². The van der Waals surface area contributed by atoms with Crippen molar-refractivity contribution in [1.82, 2.24) is 9.88 Å². The molecule has 12 heteroatoms. The highest BCUT2D eigenvalue weighted by molar-refractivity contribution is 8.00. The Bertz CT molecular complexity index is 2180. The molecule has 0 spiro atoms. The van der Waals surface area contributed by atoms with E-state index < -0.39 is 45.2 Å². The molecular weight excluding hydrogens is 782 g/mol. The lowest BCUT2D eigenvalue weighted by Crippen LogP contribution is -2.71. The van der Waals surface area contributed by atoms with Crippen molar-refractivity contribution in [1.29, 1.82) is 5.26 Å². The van der Waals surface area contributed by atoms with Crippen molar-refractivity contribution >= 4 is 66.0 Å². The van der Waals surface area contributed by atoms with Crippen molar-refractivity contribution in [2.75, 3.05) is 12.9 Å². The van der Waals surface area contributed by atoms with Gasteiger partial charge in [0, 0.05) is 30.6 Å². The number of aromatic nitrogens is 1. The molecule has 58 heavy (non-hydrogen) atoms. The molecule has 1 fully saturated rings. The number of carbonyl (C=O) groups is 3. The summed E-state index contributed by atoms with van der Waals surface area (Å²) in [6, 6.07) is 41.5. The Morgan fingerprint density at radius 2 is 1.38 bits per heavy atom. The fourth-order valence-corrected chi connectivity index (χ4v) is 14.1. The van der Waals surface area contributed by atoms with E-state index in [1.807, 2.05) is 142 Å². The lowest BCUT2D eigenvalue weighted by molar-refractivity contribution is -0.161. The summed E-state index contributed by atoms with van der Waals surface area (Å²) in [5.74, 6) is -2.28. The lowest BCUT2D eigenvalue weighted by atomic mass is 9.73. The van der Waals surface area contributed by atoms with Crippen LogP contribution in [0.1, 0.15) is 18.9 Å².